The molecule has 96 valence electrons. The summed E-state index contributed by atoms with van der Waals surface area (Å²) in [4.78, 5) is 24.6. The second kappa shape index (κ2) is 5.16. The molecule has 6 heteroatoms. The van der Waals surface area contributed by atoms with Crippen LogP contribution >= 0.6 is 23.2 Å². The highest BCUT2D eigenvalue weighted by molar-refractivity contribution is 6.42. The van der Waals surface area contributed by atoms with Crippen molar-refractivity contribution in [1.29, 1.82) is 0 Å². The molecule has 0 saturated carbocycles. The maximum atomic E-state index is 11.7. The Morgan fingerprint density at radius 2 is 2.00 bits per heavy atom. The smallest absolute Gasteiger partial charge is 0.249 e. The van der Waals surface area contributed by atoms with E-state index in [1.165, 1.54) is 0 Å². The number of benzene rings is 1. The van der Waals surface area contributed by atoms with E-state index in [1.807, 2.05) is 0 Å². The van der Waals surface area contributed by atoms with Crippen LogP contribution in [0.5, 0.6) is 0 Å². The van der Waals surface area contributed by atoms with Crippen molar-refractivity contribution >= 4 is 40.7 Å². The average molecular weight is 287 g/mol. The number of nitrogens with one attached hydrogen (secondary N) is 1. The number of likely N-dealkylation sites (N-methyl/N-ethyl adjacent to an activating group) is 1. The lowest BCUT2D eigenvalue weighted by atomic mass is 10.0. The molecule has 0 radical (unpaired) electrons. The van der Waals surface area contributed by atoms with Crippen molar-refractivity contribution < 1.29 is 9.59 Å². The van der Waals surface area contributed by atoms with Gasteiger partial charge in [-0.25, -0.2) is 0 Å². The van der Waals surface area contributed by atoms with Crippen LogP contribution in [0.2, 0.25) is 10.0 Å². The van der Waals surface area contributed by atoms with E-state index < -0.39 is 0 Å². The van der Waals surface area contributed by atoms with Gasteiger partial charge in [-0.1, -0.05) is 23.2 Å². The van der Waals surface area contributed by atoms with Gasteiger partial charge in [-0.05, 0) is 24.6 Å². The van der Waals surface area contributed by atoms with Gasteiger partial charge in [0.05, 0.1) is 10.0 Å². The third-order valence-electron chi connectivity index (χ3n) is 2.99. The van der Waals surface area contributed by atoms with Crippen molar-refractivity contribution in [2.75, 3.05) is 11.9 Å². The van der Waals surface area contributed by atoms with Crippen molar-refractivity contribution in [1.82, 2.24) is 5.32 Å². The van der Waals surface area contributed by atoms with Crippen molar-refractivity contribution in [2.45, 2.75) is 18.9 Å². The lowest BCUT2D eigenvalue weighted by Crippen LogP contribution is -2.51. The summed E-state index contributed by atoms with van der Waals surface area (Å²) in [5.41, 5.74) is 0.791. The van der Waals surface area contributed by atoms with E-state index in [0.29, 0.717) is 22.9 Å². The molecule has 0 bridgehead atoms. The molecule has 0 spiro atoms. The van der Waals surface area contributed by atoms with E-state index in [-0.39, 0.29) is 17.9 Å². The molecule has 18 heavy (non-hydrogen) atoms. The SMILES string of the molecule is CN(c1ccc(Cl)c(Cl)c1)C1CCC(=O)NC1=O. The lowest BCUT2D eigenvalue weighted by molar-refractivity contribution is -0.134. The Labute approximate surface area is 115 Å². The second-order valence-corrected chi connectivity index (χ2v) is 4.99. The number of hydrogen-bond donors (Lipinski definition) is 1. The number of rotatable bonds is 2. The first kappa shape index (κ1) is 13.2. The molecule has 1 atom stereocenters. The standard InChI is InChI=1S/C12H12Cl2N2O2/c1-16(7-2-3-8(13)9(14)6-7)10-4-5-11(17)15-12(10)18/h2-3,6,10H,4-5H2,1H3,(H,15,17,18). The number of carbonyl (C=O) groups excluding carboxylic acids is 2. The molecule has 4 nitrogen and oxygen atoms in total. The number of halogens is 2. The summed E-state index contributed by atoms with van der Waals surface area (Å²) in [6, 6.07) is 4.81. The molecule has 1 aliphatic heterocycles. The predicted molar refractivity (Wildman–Crippen MR) is 71.0 cm³/mol. The Kier molecular flexibility index (Phi) is 3.78. The van der Waals surface area contributed by atoms with Crippen LogP contribution in [-0.4, -0.2) is 24.9 Å². The molecule has 2 amide bonds. The van der Waals surface area contributed by atoms with Crippen LogP contribution in [-0.2, 0) is 9.59 Å². The molecule has 2 rings (SSSR count). The van der Waals surface area contributed by atoms with Gasteiger partial charge in [0.2, 0.25) is 11.8 Å². The van der Waals surface area contributed by atoms with Crippen LogP contribution in [0.15, 0.2) is 18.2 Å². The van der Waals surface area contributed by atoms with Crippen LogP contribution in [0, 0.1) is 0 Å². The molecule has 1 heterocycles. The molecule has 1 aromatic rings. The van der Waals surface area contributed by atoms with Gasteiger partial charge >= 0.3 is 0 Å². The van der Waals surface area contributed by atoms with E-state index in [0.717, 1.165) is 5.69 Å². The first-order valence-electron chi connectivity index (χ1n) is 5.50. The number of nitrogens with zero attached hydrogens (tertiary/aromatic N) is 1. The lowest BCUT2D eigenvalue weighted by Gasteiger charge is -2.31. The summed E-state index contributed by atoms with van der Waals surface area (Å²) in [7, 11) is 1.79. The fraction of sp³-hybridized carbons (Fsp3) is 0.333. The third kappa shape index (κ3) is 2.60. The number of piperidine rings is 1. The van der Waals surface area contributed by atoms with Gasteiger partial charge in [-0.15, -0.1) is 0 Å². The average Bonchev–Trinajstić information content (AvgIpc) is 2.32. The van der Waals surface area contributed by atoms with Gasteiger partial charge in [0.1, 0.15) is 6.04 Å². The fourth-order valence-corrected chi connectivity index (χ4v) is 2.23. The highest BCUT2D eigenvalue weighted by Crippen LogP contribution is 2.28. The summed E-state index contributed by atoms with van der Waals surface area (Å²) >= 11 is 11.8. The normalized spacial score (nSPS) is 19.6. The summed E-state index contributed by atoms with van der Waals surface area (Å²) in [6.07, 6.45) is 0.851. The van der Waals surface area contributed by atoms with Crippen LogP contribution in [0.25, 0.3) is 0 Å². The van der Waals surface area contributed by atoms with Crippen molar-refractivity contribution in [3.8, 4) is 0 Å². The Morgan fingerprint density at radius 3 is 2.61 bits per heavy atom. The van der Waals surface area contributed by atoms with Gasteiger partial charge < -0.3 is 4.90 Å². The van der Waals surface area contributed by atoms with Gasteiger partial charge in [0.25, 0.3) is 0 Å². The highest BCUT2D eigenvalue weighted by atomic mass is 35.5. The number of imide groups is 1. The molecular weight excluding hydrogens is 275 g/mol. The molecule has 1 fully saturated rings. The molecule has 0 aliphatic carbocycles. The first-order valence-corrected chi connectivity index (χ1v) is 6.26. The summed E-state index contributed by atoms with van der Waals surface area (Å²) in [6.45, 7) is 0. The molecule has 1 saturated heterocycles. The Morgan fingerprint density at radius 1 is 1.28 bits per heavy atom. The maximum absolute atomic E-state index is 11.7. The zero-order chi connectivity index (χ0) is 13.3. The number of amides is 2. The summed E-state index contributed by atoms with van der Waals surface area (Å²) in [5, 5.41) is 3.24. The zero-order valence-electron chi connectivity index (χ0n) is 9.74. The summed E-state index contributed by atoms with van der Waals surface area (Å²) < 4.78 is 0. The second-order valence-electron chi connectivity index (χ2n) is 4.18. The predicted octanol–water partition coefficient (Wildman–Crippen LogP) is 2.23. The Hall–Kier alpha value is -1.26. The maximum Gasteiger partial charge on any atom is 0.249 e. The number of hydrogen-bond acceptors (Lipinski definition) is 3. The van der Waals surface area contributed by atoms with Gasteiger partial charge in [-0.3, -0.25) is 14.9 Å². The molecule has 0 aromatic heterocycles. The van der Waals surface area contributed by atoms with Gasteiger partial charge in [0.15, 0.2) is 0 Å². The van der Waals surface area contributed by atoms with E-state index in [4.69, 9.17) is 23.2 Å². The van der Waals surface area contributed by atoms with E-state index >= 15 is 0 Å². The first-order chi connectivity index (χ1) is 8.49. The molecule has 1 N–H and O–H groups in total. The Bertz CT molecular complexity index is 505. The number of anilines is 1. The van der Waals surface area contributed by atoms with Gasteiger partial charge in [0, 0.05) is 19.2 Å². The molecule has 1 unspecified atom stereocenters. The molecule has 1 aromatic carbocycles. The van der Waals surface area contributed by atoms with Crippen LogP contribution in [0.1, 0.15) is 12.8 Å². The van der Waals surface area contributed by atoms with Crippen molar-refractivity contribution in [2.24, 2.45) is 0 Å². The largest absolute Gasteiger partial charge is 0.363 e. The van der Waals surface area contributed by atoms with Crippen LogP contribution < -0.4 is 10.2 Å². The Balaban J connectivity index is 2.20. The molecule has 1 aliphatic rings. The zero-order valence-corrected chi connectivity index (χ0v) is 11.3. The van der Waals surface area contributed by atoms with E-state index in [1.54, 1.807) is 30.1 Å². The van der Waals surface area contributed by atoms with Crippen molar-refractivity contribution in [3.63, 3.8) is 0 Å². The quantitative estimate of drug-likeness (QED) is 0.849. The minimum absolute atomic E-state index is 0.223. The monoisotopic (exact) mass is 286 g/mol. The minimum atomic E-state index is -0.361. The van der Waals surface area contributed by atoms with E-state index in [2.05, 4.69) is 5.32 Å². The van der Waals surface area contributed by atoms with Crippen LogP contribution in [0.3, 0.4) is 0 Å². The highest BCUT2D eigenvalue weighted by Gasteiger charge is 2.30. The molecular formula is C12H12Cl2N2O2. The fourth-order valence-electron chi connectivity index (χ4n) is 1.94. The van der Waals surface area contributed by atoms with Crippen LogP contribution in [0.4, 0.5) is 5.69 Å². The minimum Gasteiger partial charge on any atom is -0.363 e. The van der Waals surface area contributed by atoms with Crippen molar-refractivity contribution in [3.05, 3.63) is 28.2 Å². The summed E-state index contributed by atoms with van der Waals surface area (Å²) in [5.74, 6) is -0.501. The topological polar surface area (TPSA) is 49.4 Å². The number of carbonyl (C=O) groups is 2. The van der Waals surface area contributed by atoms with E-state index in [9.17, 15) is 9.59 Å². The third-order valence-corrected chi connectivity index (χ3v) is 3.73. The van der Waals surface area contributed by atoms with Gasteiger partial charge in [-0.2, -0.15) is 0 Å².